The number of thioether (sulfide) groups is 2. The fourth-order valence-corrected chi connectivity index (χ4v) is 11.7. The molecule has 1 aromatic heterocycles. The van der Waals surface area contributed by atoms with E-state index in [1.165, 1.54) is 19.0 Å². The van der Waals surface area contributed by atoms with E-state index in [9.17, 15) is 4.79 Å². The van der Waals surface area contributed by atoms with Gasteiger partial charge >= 0.3 is 79.5 Å². The molecule has 1 nitrogen and oxygen atoms in total. The quantitative estimate of drug-likeness (QED) is 0.644. The van der Waals surface area contributed by atoms with Crippen LogP contribution in [0.4, 0.5) is 0 Å². The second kappa shape index (κ2) is 3.26. The number of hydrogen-bond donors (Lipinski definition) is 0. The van der Waals surface area contributed by atoms with Crippen molar-refractivity contribution in [2.75, 3.05) is 11.5 Å². The van der Waals surface area contributed by atoms with Crippen LogP contribution < -0.4 is 3.18 Å². The summed E-state index contributed by atoms with van der Waals surface area (Å²) in [5.74, 6) is 2.43. The fourth-order valence-electron chi connectivity index (χ4n) is 0.701. The van der Waals surface area contributed by atoms with Gasteiger partial charge in [-0.05, 0) is 0 Å². The van der Waals surface area contributed by atoms with Crippen LogP contribution in [0.5, 0.6) is 0 Å². The topological polar surface area (TPSA) is 17.1 Å². The van der Waals surface area contributed by atoms with Crippen molar-refractivity contribution in [1.82, 2.24) is 0 Å². The molecule has 0 saturated carbocycles. The normalized spacial score (nSPS) is 16.8. The van der Waals surface area contributed by atoms with Crippen molar-refractivity contribution < 1.29 is 0 Å². The van der Waals surface area contributed by atoms with Crippen molar-refractivity contribution in [2.45, 2.75) is 7.54 Å². The first kappa shape index (κ1) is 7.78. The van der Waals surface area contributed by atoms with E-state index in [0.717, 1.165) is 0 Å². The molecule has 10 heavy (non-hydrogen) atoms. The Morgan fingerprint density at radius 3 is 2.10 bits per heavy atom. The summed E-state index contributed by atoms with van der Waals surface area (Å²) >= 11 is 4.30. The summed E-state index contributed by atoms with van der Waals surface area (Å²) in [4.78, 5) is 11.0. The van der Waals surface area contributed by atoms with Gasteiger partial charge in [-0.15, -0.1) is 0 Å². The summed E-state index contributed by atoms with van der Waals surface area (Å²) in [6.07, 6.45) is 0. The Kier molecular flexibility index (Phi) is 2.53. The van der Waals surface area contributed by atoms with Gasteiger partial charge in [0.2, 0.25) is 0 Å². The van der Waals surface area contributed by atoms with Crippen LogP contribution in [0.3, 0.4) is 0 Å². The maximum absolute atomic E-state index is 11.0. The first-order valence-electron chi connectivity index (χ1n) is 2.76. The molecule has 2 rings (SSSR count). The van der Waals surface area contributed by atoms with Crippen LogP contribution in [0.1, 0.15) is 0 Å². The molecule has 0 aliphatic carbocycles. The minimum absolute atomic E-state index is 0.230. The molecule has 0 aromatic carbocycles. The standard InChI is InChI=1S/C5H4OS2Se2/c6-5-9-3-4(10-5)8-2-1-7-3/h1-2H2. The zero-order valence-electron chi connectivity index (χ0n) is 4.96. The molecule has 0 spiro atoms. The molecule has 0 N–H and O–H groups in total. The zero-order chi connectivity index (χ0) is 6.97. The Balaban J connectivity index is 2.50. The number of rotatable bonds is 0. The van der Waals surface area contributed by atoms with Gasteiger partial charge in [0.05, 0.1) is 0 Å². The van der Waals surface area contributed by atoms with Crippen LogP contribution in [0.25, 0.3) is 0 Å². The molecule has 1 aliphatic rings. The zero-order valence-corrected chi connectivity index (χ0v) is 10.0. The molecule has 0 bridgehead atoms. The van der Waals surface area contributed by atoms with Gasteiger partial charge in [-0.2, -0.15) is 0 Å². The summed E-state index contributed by atoms with van der Waals surface area (Å²) in [7, 11) is 0. The Bertz CT molecular complexity index is 264. The van der Waals surface area contributed by atoms with Crippen molar-refractivity contribution in [3.63, 3.8) is 0 Å². The molecule has 1 aliphatic heterocycles. The molecule has 0 saturated heterocycles. The Labute approximate surface area is 79.1 Å². The average Bonchev–Trinajstić information content (AvgIpc) is 2.27. The van der Waals surface area contributed by atoms with E-state index in [1.54, 1.807) is 0 Å². The second-order valence-corrected chi connectivity index (χ2v) is 10.5. The third-order valence-corrected chi connectivity index (χ3v) is 10.9. The summed E-state index contributed by atoms with van der Waals surface area (Å²) < 4.78 is 3.44. The van der Waals surface area contributed by atoms with E-state index in [0.29, 0.717) is 3.18 Å². The third-order valence-electron chi connectivity index (χ3n) is 1.07. The van der Waals surface area contributed by atoms with Crippen LogP contribution in [0.2, 0.25) is 0 Å². The average molecular weight is 302 g/mol. The van der Waals surface area contributed by atoms with Crippen LogP contribution >= 0.6 is 23.5 Å². The predicted molar refractivity (Wildman–Crippen MR) is 48.0 cm³/mol. The van der Waals surface area contributed by atoms with Crippen LogP contribution in [0.15, 0.2) is 12.3 Å². The first-order chi connectivity index (χ1) is 4.86. The minimum atomic E-state index is 0.230. The monoisotopic (exact) mass is 304 g/mol. The predicted octanol–water partition coefficient (Wildman–Crippen LogP) is 0.359. The molecule has 5 heteroatoms. The van der Waals surface area contributed by atoms with Crippen LogP contribution in [-0.4, -0.2) is 40.5 Å². The van der Waals surface area contributed by atoms with Crippen molar-refractivity contribution in [2.24, 2.45) is 0 Å². The van der Waals surface area contributed by atoms with Gasteiger partial charge in [0.15, 0.2) is 0 Å². The summed E-state index contributed by atoms with van der Waals surface area (Å²) in [6, 6.07) is 0. The molecule has 1 aromatic rings. The van der Waals surface area contributed by atoms with E-state index in [1.807, 2.05) is 23.5 Å². The Morgan fingerprint density at radius 2 is 1.60 bits per heavy atom. The van der Waals surface area contributed by atoms with Gasteiger partial charge in [-0.3, -0.25) is 0 Å². The fraction of sp³-hybridized carbons (Fsp3) is 0.400. The molecule has 0 radical (unpaired) electrons. The Morgan fingerprint density at radius 1 is 1.10 bits per heavy atom. The van der Waals surface area contributed by atoms with Gasteiger partial charge < -0.3 is 0 Å². The number of fused-ring (bicyclic) bond motifs is 1. The van der Waals surface area contributed by atoms with Crippen molar-refractivity contribution in [1.29, 1.82) is 0 Å². The maximum atomic E-state index is 11.0. The summed E-state index contributed by atoms with van der Waals surface area (Å²) in [5, 5.41) is 0. The van der Waals surface area contributed by atoms with E-state index in [2.05, 4.69) is 0 Å². The second-order valence-electron chi connectivity index (χ2n) is 1.73. The third kappa shape index (κ3) is 1.50. The molecule has 0 unspecified atom stereocenters. The SMILES string of the molecule is O=c1[se]c2c([se]1)SCCS2. The molecule has 0 fully saturated rings. The van der Waals surface area contributed by atoms with Crippen molar-refractivity contribution in [3.05, 3.63) is 7.97 Å². The molecule has 0 atom stereocenters. The molecule has 54 valence electrons. The van der Waals surface area contributed by atoms with E-state index < -0.39 is 0 Å². The molecular formula is C5H4OS2Se2. The van der Waals surface area contributed by atoms with Crippen LogP contribution in [-0.2, 0) is 0 Å². The van der Waals surface area contributed by atoms with Crippen molar-refractivity contribution in [3.8, 4) is 0 Å². The van der Waals surface area contributed by atoms with Gasteiger partial charge in [0.1, 0.15) is 0 Å². The Hall–Kier alpha value is 1.15. The van der Waals surface area contributed by atoms with Crippen LogP contribution in [0, 0.1) is 0 Å². The molecule has 0 amide bonds. The van der Waals surface area contributed by atoms with Gasteiger partial charge in [-0.1, -0.05) is 0 Å². The molecule has 2 heterocycles. The van der Waals surface area contributed by atoms with Crippen molar-refractivity contribution >= 4 is 52.5 Å². The first-order valence-corrected chi connectivity index (χ1v) is 8.15. The molecular weight excluding hydrogens is 298 g/mol. The van der Waals surface area contributed by atoms with Gasteiger partial charge in [-0.25, -0.2) is 0 Å². The van der Waals surface area contributed by atoms with E-state index in [-0.39, 0.29) is 29.0 Å². The number of hydrogen-bond acceptors (Lipinski definition) is 3. The summed E-state index contributed by atoms with van der Waals surface area (Å²) in [6.45, 7) is 0. The summed E-state index contributed by atoms with van der Waals surface area (Å²) in [5.41, 5.74) is 0. The van der Waals surface area contributed by atoms with Gasteiger partial charge in [0.25, 0.3) is 0 Å². The van der Waals surface area contributed by atoms with E-state index >= 15 is 0 Å². The van der Waals surface area contributed by atoms with E-state index in [4.69, 9.17) is 0 Å². The van der Waals surface area contributed by atoms with Gasteiger partial charge in [0, 0.05) is 0 Å².